The molecule has 0 saturated carbocycles. The Kier molecular flexibility index (Phi) is 6.62. The van der Waals surface area contributed by atoms with Gasteiger partial charge in [-0.1, -0.05) is 0 Å². The van der Waals surface area contributed by atoms with Crippen LogP contribution in [0.25, 0.3) is 0 Å². The van der Waals surface area contributed by atoms with Gasteiger partial charge < -0.3 is 10.1 Å². The van der Waals surface area contributed by atoms with Crippen LogP contribution in [0, 0.1) is 11.3 Å². The summed E-state index contributed by atoms with van der Waals surface area (Å²) in [6, 6.07) is 1.81. The van der Waals surface area contributed by atoms with Gasteiger partial charge in [0.25, 0.3) is 0 Å². The summed E-state index contributed by atoms with van der Waals surface area (Å²) in [5.74, 6) is -0.125. The number of hydrogen-bond donors (Lipinski definition) is 1. The Morgan fingerprint density at radius 1 is 1.75 bits per heavy atom. The van der Waals surface area contributed by atoms with Crippen molar-refractivity contribution < 1.29 is 39.1 Å². The smallest absolute Gasteiger partial charge is 0.368 e. The van der Waals surface area contributed by atoms with E-state index in [-0.39, 0.29) is 41.8 Å². The molecular weight excluding hydrogens is 167 g/mol. The van der Waals surface area contributed by atoms with Gasteiger partial charge in [-0.15, -0.1) is 0 Å². The fraction of sp³-hybridized carbons (Fsp3) is 0.714. The van der Waals surface area contributed by atoms with Gasteiger partial charge >= 0.3 is 29.6 Å². The standard InChI is InChI=1S/C7H10N2O2.Na/c8-2-1-6(10)7-5-9-3-4-11-7;/h7,9H,1,3-5H2;/q;+1. The molecule has 0 aromatic heterocycles. The molecule has 5 heteroatoms. The maximum absolute atomic E-state index is 11.0. The van der Waals surface area contributed by atoms with Gasteiger partial charge in [-0.05, 0) is 0 Å². The molecule has 1 N–H and O–H groups in total. The van der Waals surface area contributed by atoms with Crippen LogP contribution >= 0.6 is 0 Å². The summed E-state index contributed by atoms with van der Waals surface area (Å²) in [6.07, 6.45) is -0.449. The largest absolute Gasteiger partial charge is 1.00 e. The van der Waals surface area contributed by atoms with Gasteiger partial charge in [0, 0.05) is 13.1 Å². The molecule has 4 nitrogen and oxygen atoms in total. The van der Waals surface area contributed by atoms with Crippen LogP contribution in [0.3, 0.4) is 0 Å². The average Bonchev–Trinajstić information content (AvgIpc) is 2.07. The van der Waals surface area contributed by atoms with Gasteiger partial charge in [0.15, 0.2) is 5.78 Å². The number of nitriles is 1. The van der Waals surface area contributed by atoms with Gasteiger partial charge in [-0.2, -0.15) is 5.26 Å². The number of ketones is 1. The quantitative estimate of drug-likeness (QED) is 0.444. The summed E-state index contributed by atoms with van der Waals surface area (Å²) in [6.45, 7) is 1.89. The summed E-state index contributed by atoms with van der Waals surface area (Å²) in [5, 5.41) is 11.2. The molecule has 12 heavy (non-hydrogen) atoms. The predicted octanol–water partition coefficient (Wildman–Crippen LogP) is -3.54. The molecule has 1 rings (SSSR count). The molecular formula is C7H10N2NaO2+. The molecule has 1 heterocycles. The van der Waals surface area contributed by atoms with Crippen LogP contribution in [0.15, 0.2) is 0 Å². The number of ether oxygens (including phenoxy) is 1. The average molecular weight is 177 g/mol. The zero-order valence-electron chi connectivity index (χ0n) is 7.17. The second-order valence-corrected chi connectivity index (χ2v) is 2.36. The van der Waals surface area contributed by atoms with Crippen LogP contribution in [0.1, 0.15) is 6.42 Å². The Morgan fingerprint density at radius 3 is 3.00 bits per heavy atom. The van der Waals surface area contributed by atoms with Crippen molar-refractivity contribution in [2.24, 2.45) is 0 Å². The number of Topliss-reactive ketones (excluding diaryl/α,β-unsaturated/α-hetero) is 1. The molecule has 0 amide bonds. The summed E-state index contributed by atoms with van der Waals surface area (Å²) < 4.78 is 5.13. The van der Waals surface area contributed by atoms with Crippen LogP contribution < -0.4 is 34.9 Å². The third-order valence-electron chi connectivity index (χ3n) is 1.54. The van der Waals surface area contributed by atoms with Crippen molar-refractivity contribution >= 4 is 5.78 Å². The number of carbonyl (C=O) groups excluding carboxylic acids is 1. The molecule has 1 saturated heterocycles. The first kappa shape index (κ1) is 12.1. The van der Waals surface area contributed by atoms with Crippen LogP contribution in [0.5, 0.6) is 0 Å². The zero-order valence-corrected chi connectivity index (χ0v) is 9.17. The van der Waals surface area contributed by atoms with Crippen molar-refractivity contribution in [1.29, 1.82) is 5.26 Å². The summed E-state index contributed by atoms with van der Waals surface area (Å²) >= 11 is 0. The van der Waals surface area contributed by atoms with Gasteiger partial charge in [0.1, 0.15) is 6.10 Å². The first-order valence-electron chi connectivity index (χ1n) is 3.56. The van der Waals surface area contributed by atoms with E-state index >= 15 is 0 Å². The molecule has 1 aliphatic heterocycles. The Balaban J connectivity index is 0.00000121. The van der Waals surface area contributed by atoms with E-state index in [0.717, 1.165) is 6.54 Å². The molecule has 1 fully saturated rings. The van der Waals surface area contributed by atoms with E-state index < -0.39 is 6.10 Å². The van der Waals surface area contributed by atoms with Gasteiger partial charge in [-0.3, -0.25) is 4.79 Å². The Morgan fingerprint density at radius 2 is 2.50 bits per heavy atom. The summed E-state index contributed by atoms with van der Waals surface area (Å²) in [5.41, 5.74) is 0. The second-order valence-electron chi connectivity index (χ2n) is 2.36. The normalized spacial score (nSPS) is 22.1. The predicted molar refractivity (Wildman–Crippen MR) is 37.8 cm³/mol. The van der Waals surface area contributed by atoms with E-state index in [2.05, 4.69) is 5.32 Å². The van der Waals surface area contributed by atoms with Crippen LogP contribution in [-0.2, 0) is 9.53 Å². The second kappa shape index (κ2) is 6.58. The third-order valence-corrected chi connectivity index (χ3v) is 1.54. The van der Waals surface area contributed by atoms with E-state index in [1.54, 1.807) is 0 Å². The maximum Gasteiger partial charge on any atom is 1.00 e. The van der Waals surface area contributed by atoms with E-state index in [1.165, 1.54) is 0 Å². The molecule has 1 atom stereocenters. The number of nitrogens with one attached hydrogen (secondary N) is 1. The molecule has 60 valence electrons. The van der Waals surface area contributed by atoms with Crippen LogP contribution in [0.4, 0.5) is 0 Å². The minimum Gasteiger partial charge on any atom is -0.368 e. The van der Waals surface area contributed by atoms with E-state index in [9.17, 15) is 4.79 Å². The van der Waals surface area contributed by atoms with E-state index in [4.69, 9.17) is 10.00 Å². The number of nitrogens with zero attached hydrogens (tertiary/aromatic N) is 1. The first-order chi connectivity index (χ1) is 5.34. The molecule has 0 aromatic rings. The Labute approximate surface area is 93.6 Å². The Hall–Kier alpha value is 0.0800. The van der Waals surface area contributed by atoms with E-state index in [1.807, 2.05) is 6.07 Å². The molecule has 0 bridgehead atoms. The van der Waals surface area contributed by atoms with Gasteiger partial charge in [0.05, 0.1) is 19.1 Å². The Bertz CT molecular complexity index is 184. The topological polar surface area (TPSA) is 62.1 Å². The summed E-state index contributed by atoms with van der Waals surface area (Å²) in [4.78, 5) is 11.0. The molecule has 0 spiro atoms. The fourth-order valence-corrected chi connectivity index (χ4v) is 0.964. The number of morpholine rings is 1. The summed E-state index contributed by atoms with van der Waals surface area (Å²) in [7, 11) is 0. The van der Waals surface area contributed by atoms with Crippen molar-refractivity contribution in [3.8, 4) is 6.07 Å². The minimum atomic E-state index is -0.400. The molecule has 0 aromatic carbocycles. The molecule has 1 aliphatic rings. The SMILES string of the molecule is N#CCC(=O)C1CNCCO1.[Na+]. The van der Waals surface area contributed by atoms with Crippen LogP contribution in [-0.4, -0.2) is 31.6 Å². The van der Waals surface area contributed by atoms with Crippen molar-refractivity contribution in [2.45, 2.75) is 12.5 Å². The fourth-order valence-electron chi connectivity index (χ4n) is 0.964. The van der Waals surface area contributed by atoms with Crippen molar-refractivity contribution in [1.82, 2.24) is 5.32 Å². The van der Waals surface area contributed by atoms with Crippen LogP contribution in [0.2, 0.25) is 0 Å². The maximum atomic E-state index is 11.0. The molecule has 1 unspecified atom stereocenters. The minimum absolute atomic E-state index is 0. The van der Waals surface area contributed by atoms with Gasteiger partial charge in [0.2, 0.25) is 0 Å². The molecule has 0 aliphatic carbocycles. The number of hydrogen-bond acceptors (Lipinski definition) is 4. The van der Waals surface area contributed by atoms with E-state index in [0.29, 0.717) is 13.2 Å². The number of carbonyl (C=O) groups is 1. The first-order valence-corrected chi connectivity index (χ1v) is 3.56. The van der Waals surface area contributed by atoms with Crippen molar-refractivity contribution in [3.05, 3.63) is 0 Å². The van der Waals surface area contributed by atoms with Crippen molar-refractivity contribution in [2.75, 3.05) is 19.7 Å². The third kappa shape index (κ3) is 3.65. The van der Waals surface area contributed by atoms with Crippen molar-refractivity contribution in [3.63, 3.8) is 0 Å². The number of rotatable bonds is 2. The zero-order chi connectivity index (χ0) is 8.10. The molecule has 0 radical (unpaired) electrons. The monoisotopic (exact) mass is 177 g/mol. The van der Waals surface area contributed by atoms with Gasteiger partial charge in [-0.25, -0.2) is 0 Å².